The predicted molar refractivity (Wildman–Crippen MR) is 346 cm³/mol. The average Bonchev–Trinajstić information content (AvgIpc) is 1.56. The van der Waals surface area contributed by atoms with Crippen LogP contribution in [0.1, 0.15) is 69.6 Å². The highest BCUT2D eigenvalue weighted by Crippen LogP contribution is 2.41. The van der Waals surface area contributed by atoms with E-state index in [-0.39, 0.29) is 82.1 Å². The smallest absolute Gasteiger partial charge is 0.338 e. The molecule has 484 valence electrons. The average molecular weight is 1250 g/mol. The summed E-state index contributed by atoms with van der Waals surface area (Å²) >= 11 is 0. The molecule has 2 heterocycles. The fourth-order valence-corrected chi connectivity index (χ4v) is 11.5. The molecule has 0 spiro atoms. The number of carbonyl (C=O) groups is 1. The van der Waals surface area contributed by atoms with Crippen molar-refractivity contribution in [3.05, 3.63) is 263 Å². The van der Waals surface area contributed by atoms with Crippen molar-refractivity contribution < 1.29 is 75.8 Å². The number of benzene rings is 8. The van der Waals surface area contributed by atoms with E-state index in [1.54, 1.807) is 19.2 Å². The second-order valence-corrected chi connectivity index (χ2v) is 23.1. The minimum Gasteiger partial charge on any atom is -0.497 e. The molecular formula is C76H84O16. The van der Waals surface area contributed by atoms with Crippen LogP contribution in [0.4, 0.5) is 0 Å². The van der Waals surface area contributed by atoms with Crippen molar-refractivity contribution in [2.75, 3.05) is 41.7 Å². The van der Waals surface area contributed by atoms with Crippen LogP contribution in [-0.2, 0) is 98.4 Å². The van der Waals surface area contributed by atoms with Crippen LogP contribution in [0.3, 0.4) is 0 Å². The molecule has 10 rings (SSSR count). The molecule has 16 nitrogen and oxygen atoms in total. The van der Waals surface area contributed by atoms with Crippen LogP contribution < -0.4 is 18.9 Å². The van der Waals surface area contributed by atoms with Gasteiger partial charge in [-0.25, -0.2) is 4.79 Å². The van der Waals surface area contributed by atoms with E-state index in [2.05, 4.69) is 0 Å². The Morgan fingerprint density at radius 1 is 0.467 bits per heavy atom. The molecule has 0 unspecified atom stereocenters. The SMILES string of the molecule is COc1ccc(CO[C@@H](C[C@H]2O[C@H](COCc3ccccc3)[C@@H](OCc3ccccc3)[C@H](OCc3ccccc3)[C@H]2OCc2ccccc2)[C@@H](OC(=O)c2cc(OC)c(OC)c(OC)c2)[C@@H](OCc2ccccc2)[C@H](OCc2ccccc2)[C@@H]2COC(C)(C)O2)cc1. The molecule has 8 aromatic carbocycles. The summed E-state index contributed by atoms with van der Waals surface area (Å²) in [6.07, 6.45) is -9.58. The number of methoxy groups -OCH3 is 4. The first kappa shape index (κ1) is 66.9. The highest BCUT2D eigenvalue weighted by atomic mass is 16.8. The monoisotopic (exact) mass is 1250 g/mol. The number of esters is 1. The Morgan fingerprint density at radius 2 is 0.902 bits per heavy atom. The molecule has 2 saturated heterocycles. The van der Waals surface area contributed by atoms with E-state index in [4.69, 9.17) is 71.1 Å². The molecule has 16 heteroatoms. The predicted octanol–water partition coefficient (Wildman–Crippen LogP) is 13.3. The van der Waals surface area contributed by atoms with Gasteiger partial charge < -0.3 is 71.1 Å². The lowest BCUT2D eigenvalue weighted by molar-refractivity contribution is -0.280. The standard InChI is InChI=1S/C76H84O16/c1-76(2)89-52-67(92-76)71(86-48-56-31-19-10-20-32-56)74(88-50-58-35-23-12-24-36-58)72(91-75(77)60-41-62(79-4)68(81-6)63(42-60)80-5)64(83-45-59-37-39-61(78-3)40-38-59)43-65-69(84-46-54-27-15-8-16-28-54)73(87-49-57-33-21-11-22-34-57)70(85-47-55-29-17-9-18-30-55)66(90-65)51-82-44-53-25-13-7-14-26-53/h7-42,64-67,69-74H,43-52H2,1-6H3/t64-,65+,66+,67-,69-,70+,71+,72+,73+,74-/m0/s1. The van der Waals surface area contributed by atoms with Gasteiger partial charge in [-0.05, 0) is 77.1 Å². The van der Waals surface area contributed by atoms with Crippen molar-refractivity contribution in [2.24, 2.45) is 0 Å². The Labute approximate surface area is 540 Å². The van der Waals surface area contributed by atoms with Crippen LogP contribution in [0.25, 0.3) is 0 Å². The Hall–Kier alpha value is -7.97. The van der Waals surface area contributed by atoms with E-state index in [1.807, 2.05) is 220 Å². The normalized spacial score (nSPS) is 19.9. The molecule has 0 saturated carbocycles. The molecule has 8 aromatic rings. The molecule has 0 aliphatic carbocycles. The fraction of sp³-hybridized carbons (Fsp3) is 0.355. The molecule has 92 heavy (non-hydrogen) atoms. The van der Waals surface area contributed by atoms with Gasteiger partial charge in [-0.15, -0.1) is 0 Å². The van der Waals surface area contributed by atoms with Crippen molar-refractivity contribution in [3.63, 3.8) is 0 Å². The van der Waals surface area contributed by atoms with E-state index in [1.165, 1.54) is 21.3 Å². The zero-order valence-corrected chi connectivity index (χ0v) is 53.2. The van der Waals surface area contributed by atoms with Crippen LogP contribution in [0.15, 0.2) is 218 Å². The van der Waals surface area contributed by atoms with Gasteiger partial charge in [0.15, 0.2) is 23.4 Å². The van der Waals surface area contributed by atoms with Crippen LogP contribution in [0.2, 0.25) is 0 Å². The van der Waals surface area contributed by atoms with Crippen LogP contribution in [0, 0.1) is 0 Å². The molecule has 0 aromatic heterocycles. The van der Waals surface area contributed by atoms with Gasteiger partial charge in [0.05, 0.1) is 99.6 Å². The molecular weight excluding hydrogens is 1170 g/mol. The maximum Gasteiger partial charge on any atom is 0.338 e. The number of ether oxygens (including phenoxy) is 15. The first-order valence-electron chi connectivity index (χ1n) is 31.2. The van der Waals surface area contributed by atoms with Crippen LogP contribution >= 0.6 is 0 Å². The highest BCUT2D eigenvalue weighted by Gasteiger charge is 2.53. The Balaban J connectivity index is 1.15. The number of rotatable bonds is 34. The fourth-order valence-electron chi connectivity index (χ4n) is 11.5. The summed E-state index contributed by atoms with van der Waals surface area (Å²) in [7, 11) is 6.09. The molecule has 0 radical (unpaired) electrons. The summed E-state index contributed by atoms with van der Waals surface area (Å²) in [5.41, 5.74) is 6.41. The van der Waals surface area contributed by atoms with Crippen molar-refractivity contribution >= 4 is 5.97 Å². The second kappa shape index (κ2) is 34.1. The van der Waals surface area contributed by atoms with Crippen molar-refractivity contribution in [1.29, 1.82) is 0 Å². The third-order valence-electron chi connectivity index (χ3n) is 16.2. The summed E-state index contributed by atoms with van der Waals surface area (Å²) in [5.74, 6) is -0.363. The molecule has 2 aliphatic heterocycles. The maximum atomic E-state index is 15.7. The third kappa shape index (κ3) is 18.9. The van der Waals surface area contributed by atoms with Gasteiger partial charge in [0.25, 0.3) is 0 Å². The van der Waals surface area contributed by atoms with E-state index < -0.39 is 72.8 Å². The van der Waals surface area contributed by atoms with Gasteiger partial charge in [-0.2, -0.15) is 0 Å². The van der Waals surface area contributed by atoms with Gasteiger partial charge in [-0.1, -0.05) is 194 Å². The largest absolute Gasteiger partial charge is 0.497 e. The topological polar surface area (TPSA) is 156 Å². The maximum absolute atomic E-state index is 15.7. The molecule has 10 atom stereocenters. The Bertz CT molecular complexity index is 3390. The lowest BCUT2D eigenvalue weighted by Crippen LogP contribution is -2.62. The number of hydrogen-bond donors (Lipinski definition) is 0. The third-order valence-corrected chi connectivity index (χ3v) is 16.2. The minimum absolute atomic E-state index is 0.00127. The first-order valence-corrected chi connectivity index (χ1v) is 31.2. The lowest BCUT2D eigenvalue weighted by atomic mass is 9.88. The molecule has 2 aliphatic rings. The Morgan fingerprint density at radius 3 is 1.36 bits per heavy atom. The summed E-state index contributed by atoms with van der Waals surface area (Å²) in [6.45, 7) is 5.00. The van der Waals surface area contributed by atoms with Gasteiger partial charge >= 0.3 is 5.97 Å². The van der Waals surface area contributed by atoms with E-state index in [9.17, 15) is 0 Å². The van der Waals surface area contributed by atoms with Crippen molar-refractivity contribution in [1.82, 2.24) is 0 Å². The molecule has 0 bridgehead atoms. The van der Waals surface area contributed by atoms with E-state index in [0.29, 0.717) is 12.4 Å². The van der Waals surface area contributed by atoms with Gasteiger partial charge in [0, 0.05) is 6.42 Å². The number of carbonyl (C=O) groups excluding carboxylic acids is 1. The molecule has 0 amide bonds. The van der Waals surface area contributed by atoms with Crippen molar-refractivity contribution in [2.45, 2.75) is 133 Å². The van der Waals surface area contributed by atoms with Gasteiger partial charge in [0.1, 0.15) is 54.6 Å². The zero-order chi connectivity index (χ0) is 63.9. The van der Waals surface area contributed by atoms with E-state index in [0.717, 1.165) is 38.9 Å². The summed E-state index contributed by atoms with van der Waals surface area (Å²) in [4.78, 5) is 15.7. The summed E-state index contributed by atoms with van der Waals surface area (Å²) in [5, 5.41) is 0. The van der Waals surface area contributed by atoms with Crippen molar-refractivity contribution in [3.8, 4) is 23.0 Å². The number of hydrogen-bond acceptors (Lipinski definition) is 16. The minimum atomic E-state index is -1.36. The van der Waals surface area contributed by atoms with Crippen LogP contribution in [0.5, 0.6) is 23.0 Å². The van der Waals surface area contributed by atoms with Gasteiger partial charge in [-0.3, -0.25) is 0 Å². The summed E-state index contributed by atoms with van der Waals surface area (Å²) in [6, 6.07) is 70.2. The Kier molecular flexibility index (Phi) is 24.8. The zero-order valence-electron chi connectivity index (χ0n) is 53.2. The quantitative estimate of drug-likeness (QED) is 0.0351. The first-order chi connectivity index (χ1) is 45.1. The van der Waals surface area contributed by atoms with Crippen LogP contribution in [-0.4, -0.2) is 114 Å². The highest BCUT2D eigenvalue weighted by molar-refractivity contribution is 5.91. The van der Waals surface area contributed by atoms with E-state index >= 15 is 4.79 Å². The lowest BCUT2D eigenvalue weighted by Gasteiger charge is -2.48. The summed E-state index contributed by atoms with van der Waals surface area (Å²) < 4.78 is 101. The second-order valence-electron chi connectivity index (χ2n) is 23.1. The molecule has 0 N–H and O–H groups in total. The van der Waals surface area contributed by atoms with Gasteiger partial charge in [0.2, 0.25) is 5.75 Å². The molecule has 2 fully saturated rings.